The highest BCUT2D eigenvalue weighted by Crippen LogP contribution is 2.23. The van der Waals surface area contributed by atoms with E-state index in [9.17, 15) is 9.59 Å². The fourth-order valence-corrected chi connectivity index (χ4v) is 3.23. The van der Waals surface area contributed by atoms with Crippen molar-refractivity contribution in [3.8, 4) is 0 Å². The molecule has 0 saturated heterocycles. The highest BCUT2D eigenvalue weighted by molar-refractivity contribution is 8.76. The van der Waals surface area contributed by atoms with E-state index in [4.69, 9.17) is 11.5 Å². The molecule has 0 rings (SSSR count). The lowest BCUT2D eigenvalue weighted by atomic mass is 10.2. The average molecular weight is 296 g/mol. The van der Waals surface area contributed by atoms with Gasteiger partial charge in [-0.1, -0.05) is 21.6 Å². The molecule has 0 radical (unpaired) electrons. The second-order valence-electron chi connectivity index (χ2n) is 3.48. The number of hydrogen-bond donors (Lipinski definition) is 2. The Morgan fingerprint density at radius 3 is 1.56 bits per heavy atom. The first-order valence-corrected chi connectivity index (χ1v) is 7.93. The zero-order valence-corrected chi connectivity index (χ0v) is 12.2. The summed E-state index contributed by atoms with van der Waals surface area (Å²) in [5.74, 6) is 0.699. The lowest BCUT2D eigenvalue weighted by molar-refractivity contribution is -0.143. The maximum Gasteiger partial charge on any atom is 0.322 e. The Morgan fingerprint density at radius 1 is 0.944 bits per heavy atom. The van der Waals surface area contributed by atoms with Crippen molar-refractivity contribution in [1.82, 2.24) is 0 Å². The summed E-state index contributed by atoms with van der Waals surface area (Å²) in [5.41, 5.74) is 11.1. The van der Waals surface area contributed by atoms with Crippen molar-refractivity contribution in [1.29, 1.82) is 0 Å². The Balaban J connectivity index is 3.46. The van der Waals surface area contributed by atoms with Crippen LogP contribution in [-0.2, 0) is 19.1 Å². The smallest absolute Gasteiger partial charge is 0.322 e. The molecule has 0 fully saturated rings. The van der Waals surface area contributed by atoms with Gasteiger partial charge in [-0.3, -0.25) is 9.59 Å². The van der Waals surface area contributed by atoms with Crippen LogP contribution in [0.1, 0.15) is 12.8 Å². The fourth-order valence-electron chi connectivity index (χ4n) is 1.01. The Kier molecular flexibility index (Phi) is 10.2. The van der Waals surface area contributed by atoms with Gasteiger partial charge in [0.2, 0.25) is 0 Å². The summed E-state index contributed by atoms with van der Waals surface area (Å²) in [6.45, 7) is 0. The number of hydrogen-bond acceptors (Lipinski definition) is 8. The molecule has 2 atom stereocenters. The predicted octanol–water partition coefficient (Wildman–Crippen LogP) is 0.149. The molecule has 4 N–H and O–H groups in total. The average Bonchev–Trinajstić information content (AvgIpc) is 2.39. The van der Waals surface area contributed by atoms with Gasteiger partial charge in [-0.05, 0) is 12.8 Å². The molecule has 0 aromatic heterocycles. The number of nitrogens with two attached hydrogens (primary N) is 2. The molecule has 0 amide bonds. The number of rotatable bonds is 9. The van der Waals surface area contributed by atoms with E-state index in [0.717, 1.165) is 11.5 Å². The Labute approximate surface area is 115 Å². The van der Waals surface area contributed by atoms with Gasteiger partial charge in [-0.15, -0.1) is 0 Å². The molecule has 0 heterocycles. The minimum absolute atomic E-state index is 0.395. The van der Waals surface area contributed by atoms with E-state index in [0.29, 0.717) is 12.8 Å². The SMILES string of the molecule is COC(=O)C(N)CCSSCC[C@H](N)C(=O)OC. The van der Waals surface area contributed by atoms with Crippen LogP contribution in [0.2, 0.25) is 0 Å². The summed E-state index contributed by atoms with van der Waals surface area (Å²) < 4.78 is 9.02. The molecule has 0 aliphatic carbocycles. The number of methoxy groups -OCH3 is 2. The Bertz CT molecular complexity index is 240. The van der Waals surface area contributed by atoms with Gasteiger partial charge in [0.25, 0.3) is 0 Å². The summed E-state index contributed by atoms with van der Waals surface area (Å²) in [6, 6.07) is -1.14. The van der Waals surface area contributed by atoms with Crippen molar-refractivity contribution in [2.24, 2.45) is 11.5 Å². The molecular weight excluding hydrogens is 276 g/mol. The normalized spacial score (nSPS) is 13.8. The summed E-state index contributed by atoms with van der Waals surface area (Å²) in [5, 5.41) is 0. The molecule has 0 aromatic carbocycles. The van der Waals surface area contributed by atoms with E-state index in [1.807, 2.05) is 0 Å². The van der Waals surface area contributed by atoms with Crippen LogP contribution in [0, 0.1) is 0 Å². The van der Waals surface area contributed by atoms with Crippen LogP contribution < -0.4 is 11.5 Å². The number of ether oxygens (including phenoxy) is 2. The molecule has 0 bridgehead atoms. The van der Waals surface area contributed by atoms with Crippen LogP contribution in [0.25, 0.3) is 0 Å². The number of esters is 2. The molecule has 18 heavy (non-hydrogen) atoms. The molecule has 1 unspecified atom stereocenters. The van der Waals surface area contributed by atoms with Crippen molar-refractivity contribution in [2.45, 2.75) is 24.9 Å². The first-order valence-electron chi connectivity index (χ1n) is 5.44. The zero-order chi connectivity index (χ0) is 14.0. The van der Waals surface area contributed by atoms with Crippen LogP contribution in [0.15, 0.2) is 0 Å². The largest absolute Gasteiger partial charge is 0.468 e. The number of carbonyl (C=O) groups excluding carboxylic acids is 2. The van der Waals surface area contributed by atoms with Crippen LogP contribution in [-0.4, -0.2) is 49.7 Å². The van der Waals surface area contributed by atoms with Gasteiger partial charge in [-0.25, -0.2) is 0 Å². The first-order chi connectivity index (χ1) is 8.52. The van der Waals surface area contributed by atoms with Crippen molar-refractivity contribution in [3.63, 3.8) is 0 Å². The van der Waals surface area contributed by atoms with Gasteiger partial charge >= 0.3 is 11.9 Å². The van der Waals surface area contributed by atoms with E-state index < -0.39 is 24.0 Å². The lowest BCUT2D eigenvalue weighted by Crippen LogP contribution is -2.32. The summed E-state index contributed by atoms with van der Waals surface area (Å²) in [7, 11) is 5.82. The summed E-state index contributed by atoms with van der Waals surface area (Å²) >= 11 is 0. The molecule has 106 valence electrons. The first kappa shape index (κ1) is 17.6. The topological polar surface area (TPSA) is 105 Å². The van der Waals surface area contributed by atoms with Gasteiger partial charge in [0, 0.05) is 11.5 Å². The van der Waals surface area contributed by atoms with Gasteiger partial charge in [-0.2, -0.15) is 0 Å². The standard InChI is InChI=1S/C10H20N2O4S2/c1-15-9(13)7(11)3-5-17-18-6-4-8(12)10(14)16-2/h7-8H,3-6,11-12H2,1-2H3/t7-,8?/m0/s1. The van der Waals surface area contributed by atoms with Crippen molar-refractivity contribution < 1.29 is 19.1 Å². The molecule has 0 spiro atoms. The Morgan fingerprint density at radius 2 is 1.28 bits per heavy atom. The minimum atomic E-state index is -0.569. The summed E-state index contributed by atoms with van der Waals surface area (Å²) in [6.07, 6.45) is 1.13. The van der Waals surface area contributed by atoms with E-state index in [1.165, 1.54) is 14.2 Å². The van der Waals surface area contributed by atoms with E-state index in [2.05, 4.69) is 9.47 Å². The van der Waals surface area contributed by atoms with E-state index in [-0.39, 0.29) is 0 Å². The maximum absolute atomic E-state index is 11.0. The molecule has 0 aliphatic heterocycles. The molecule has 0 aromatic rings. The van der Waals surface area contributed by atoms with Crippen LogP contribution in [0.5, 0.6) is 0 Å². The second kappa shape index (κ2) is 10.5. The van der Waals surface area contributed by atoms with E-state index >= 15 is 0 Å². The van der Waals surface area contributed by atoms with E-state index in [1.54, 1.807) is 21.6 Å². The molecular formula is C10H20N2O4S2. The third-order valence-electron chi connectivity index (χ3n) is 2.12. The minimum Gasteiger partial charge on any atom is -0.468 e. The third kappa shape index (κ3) is 7.80. The second-order valence-corrected chi connectivity index (χ2v) is 6.18. The molecule has 0 saturated carbocycles. The molecule has 8 heteroatoms. The van der Waals surface area contributed by atoms with Gasteiger partial charge < -0.3 is 20.9 Å². The predicted molar refractivity (Wildman–Crippen MR) is 74.1 cm³/mol. The van der Waals surface area contributed by atoms with Gasteiger partial charge in [0.05, 0.1) is 14.2 Å². The highest BCUT2D eigenvalue weighted by atomic mass is 33.1. The number of carbonyl (C=O) groups is 2. The van der Waals surface area contributed by atoms with Crippen molar-refractivity contribution >= 4 is 33.5 Å². The monoisotopic (exact) mass is 296 g/mol. The zero-order valence-electron chi connectivity index (χ0n) is 10.6. The Hall–Kier alpha value is -0.440. The van der Waals surface area contributed by atoms with Crippen molar-refractivity contribution in [3.05, 3.63) is 0 Å². The maximum atomic E-state index is 11.0. The highest BCUT2D eigenvalue weighted by Gasteiger charge is 2.14. The molecule has 0 aliphatic rings. The molecule has 6 nitrogen and oxygen atoms in total. The summed E-state index contributed by atoms with van der Waals surface area (Å²) in [4.78, 5) is 22.0. The van der Waals surface area contributed by atoms with Crippen LogP contribution in [0.3, 0.4) is 0 Å². The van der Waals surface area contributed by atoms with Crippen molar-refractivity contribution in [2.75, 3.05) is 25.7 Å². The van der Waals surface area contributed by atoms with Gasteiger partial charge in [0.15, 0.2) is 0 Å². The third-order valence-corrected chi connectivity index (χ3v) is 4.59. The van der Waals surface area contributed by atoms with Gasteiger partial charge in [0.1, 0.15) is 12.1 Å². The van der Waals surface area contributed by atoms with Crippen LogP contribution in [0.4, 0.5) is 0 Å². The quantitative estimate of drug-likeness (QED) is 0.352. The fraction of sp³-hybridized carbons (Fsp3) is 0.800. The van der Waals surface area contributed by atoms with Crippen LogP contribution >= 0.6 is 21.6 Å². The lowest BCUT2D eigenvalue weighted by Gasteiger charge is -2.09.